The summed E-state index contributed by atoms with van der Waals surface area (Å²) in [5, 5.41) is 22.4. The van der Waals surface area contributed by atoms with Gasteiger partial charge in [0.25, 0.3) is 0 Å². The minimum absolute atomic E-state index is 0.0595. The molecule has 4 aromatic rings. The van der Waals surface area contributed by atoms with E-state index in [9.17, 15) is 29.4 Å². The molecule has 2 bridgehead atoms. The Morgan fingerprint density at radius 3 is 2.48 bits per heavy atom. The Labute approximate surface area is 256 Å². The van der Waals surface area contributed by atoms with Crippen molar-refractivity contribution in [3.8, 4) is 0 Å². The van der Waals surface area contributed by atoms with Crippen molar-refractivity contribution in [2.45, 2.75) is 49.1 Å². The van der Waals surface area contributed by atoms with Crippen molar-refractivity contribution in [1.29, 1.82) is 0 Å². The summed E-state index contributed by atoms with van der Waals surface area (Å²) in [4.78, 5) is 56.9. The van der Waals surface area contributed by atoms with Crippen molar-refractivity contribution >= 4 is 50.1 Å². The zero-order valence-electron chi connectivity index (χ0n) is 23.5. The number of aromatic nitrogens is 8. The third-order valence-electron chi connectivity index (χ3n) is 7.64. The number of aliphatic hydroxyl groups excluding tert-OH is 2. The monoisotopic (exact) mass is 690 g/mol. The van der Waals surface area contributed by atoms with E-state index in [4.69, 9.17) is 43.6 Å². The number of aromatic amines is 1. The molecule has 0 amide bonds. The average Bonchev–Trinajstić information content (AvgIpc) is 3.77. The van der Waals surface area contributed by atoms with Gasteiger partial charge < -0.3 is 0 Å². The van der Waals surface area contributed by atoms with Crippen LogP contribution >= 0.6 is 16.0 Å². The van der Waals surface area contributed by atoms with Crippen molar-refractivity contribution < 1.29 is 56.7 Å². The molecular weight excluding hydrogens is 662 g/mol. The van der Waals surface area contributed by atoms with Crippen molar-refractivity contribution in [1.82, 2.24) is 39.0 Å². The summed E-state index contributed by atoms with van der Waals surface area (Å²) < 4.78 is 54.8. The van der Waals surface area contributed by atoms with Crippen LogP contribution in [-0.2, 0) is 36.7 Å². The van der Waals surface area contributed by atoms with Crippen LogP contribution < -0.4 is 17.0 Å². The van der Waals surface area contributed by atoms with Crippen molar-refractivity contribution in [2.75, 3.05) is 31.8 Å². The van der Waals surface area contributed by atoms with E-state index in [1.165, 1.54) is 21.8 Å². The summed E-state index contributed by atoms with van der Waals surface area (Å²) in [7, 11) is -8.67. The Balaban J connectivity index is 1.22. The van der Waals surface area contributed by atoms with Gasteiger partial charge in [-0.2, -0.15) is 0 Å². The third kappa shape index (κ3) is 5.34. The number of nitrogens with two attached hydrogens (primary N) is 2. The van der Waals surface area contributed by atoms with E-state index >= 15 is 0 Å². The Kier molecular flexibility index (Phi) is 7.80. The number of imidazole rings is 2. The van der Waals surface area contributed by atoms with Crippen LogP contribution in [0.15, 0.2) is 23.8 Å². The predicted molar refractivity (Wildman–Crippen MR) is 151 cm³/mol. The van der Waals surface area contributed by atoms with E-state index in [-0.39, 0.29) is 34.1 Å². The molecular formula is C21H28N10O13P2. The van der Waals surface area contributed by atoms with Crippen LogP contribution in [0.2, 0.25) is 0 Å². The summed E-state index contributed by atoms with van der Waals surface area (Å²) in [6.07, 6.45) is -8.17. The van der Waals surface area contributed by atoms with E-state index < -0.39 is 83.8 Å². The SMILES string of the molecule is CO[PH]1(O)OCC2OC(n3cnc4c(N)ncnc43)C(O)C2OP(=O)(O)OCC2OC(n3cnc4c(=O)[nH]c(N)nc43)C(O1)C2O. The molecule has 0 saturated carbocycles. The van der Waals surface area contributed by atoms with Gasteiger partial charge in [0.1, 0.15) is 0 Å². The molecule has 7 rings (SSSR count). The second kappa shape index (κ2) is 11.5. The van der Waals surface area contributed by atoms with Gasteiger partial charge in [0.2, 0.25) is 0 Å². The summed E-state index contributed by atoms with van der Waals surface area (Å²) >= 11 is 0. The number of ether oxygens (including phenoxy) is 2. The summed E-state index contributed by atoms with van der Waals surface area (Å²) in [6.45, 7) is -1.38. The van der Waals surface area contributed by atoms with Crippen LogP contribution in [0.25, 0.3) is 22.3 Å². The van der Waals surface area contributed by atoms with Gasteiger partial charge in [-0.3, -0.25) is 0 Å². The first-order valence-corrected chi connectivity index (χ1v) is 16.6. The number of hydrogen-bond acceptors (Lipinski definition) is 19. The van der Waals surface area contributed by atoms with Crippen LogP contribution in [0, 0.1) is 0 Å². The molecule has 9 atom stereocenters. The Bertz CT molecular complexity index is 1890. The fraction of sp³-hybridized carbons (Fsp3) is 0.524. The van der Waals surface area contributed by atoms with E-state index in [0.29, 0.717) is 0 Å². The van der Waals surface area contributed by atoms with Crippen molar-refractivity contribution in [3.05, 3.63) is 29.3 Å². The number of phosphoric ester groups is 1. The van der Waals surface area contributed by atoms with Crippen LogP contribution in [-0.4, -0.2) is 116 Å². The molecule has 250 valence electrons. The molecule has 23 nitrogen and oxygen atoms in total. The zero-order valence-corrected chi connectivity index (χ0v) is 25.4. The van der Waals surface area contributed by atoms with E-state index in [1.54, 1.807) is 0 Å². The molecule has 0 aliphatic carbocycles. The second-order valence-corrected chi connectivity index (χ2v) is 13.8. The maximum atomic E-state index is 13.2. The standard InChI is InChI=1S/C21H28N10O13P2/c1-38-46(37)40-3-8-13(12(33)19(42-8)30-5-26-9-15(22)24-4-25-16(9)30)43-45(35,36)39-2-7-11(32)14(44-46)20(41-7)31-6-27-10-17(31)28-21(23)29-18(10)34/h4-8,11-14,19-20,32-33,37,46H,2-3H2,1H3,(H,35,36)(H2,22,24,25)(H3,23,28,29,34). The average molecular weight is 690 g/mol. The fourth-order valence-corrected chi connectivity index (χ4v) is 7.68. The number of hydrogen-bond donors (Lipinski definition) is 7. The molecule has 9 unspecified atom stereocenters. The Morgan fingerprint density at radius 2 is 1.72 bits per heavy atom. The maximum absolute atomic E-state index is 13.2. The summed E-state index contributed by atoms with van der Waals surface area (Å²) in [6, 6.07) is 0. The number of anilines is 2. The molecule has 25 heteroatoms. The molecule has 4 aromatic heterocycles. The van der Waals surface area contributed by atoms with E-state index in [2.05, 4.69) is 29.9 Å². The van der Waals surface area contributed by atoms with Gasteiger partial charge in [-0.15, -0.1) is 0 Å². The first kappa shape index (κ1) is 31.3. The molecule has 0 spiro atoms. The first-order chi connectivity index (χ1) is 21.9. The molecule has 3 saturated heterocycles. The van der Waals surface area contributed by atoms with Crippen LogP contribution in [0.3, 0.4) is 0 Å². The predicted octanol–water partition coefficient (Wildman–Crippen LogP) is -2.39. The molecule has 9 N–H and O–H groups in total. The fourth-order valence-electron chi connectivity index (χ4n) is 5.46. The zero-order chi connectivity index (χ0) is 32.5. The molecule has 3 fully saturated rings. The number of nitrogens with zero attached hydrogens (tertiary/aromatic N) is 7. The number of phosphoric acid groups is 1. The number of fused-ring (bicyclic) bond motifs is 5. The van der Waals surface area contributed by atoms with Crippen LogP contribution in [0.5, 0.6) is 0 Å². The van der Waals surface area contributed by atoms with Gasteiger partial charge in [-0.05, 0) is 0 Å². The van der Waals surface area contributed by atoms with Crippen molar-refractivity contribution in [2.24, 2.45) is 0 Å². The normalized spacial score (nSPS) is 35.8. The number of nitrogens with one attached hydrogen (secondary N) is 1. The van der Waals surface area contributed by atoms with Gasteiger partial charge in [0, 0.05) is 0 Å². The Morgan fingerprint density at radius 1 is 1.00 bits per heavy atom. The van der Waals surface area contributed by atoms with E-state index in [0.717, 1.165) is 13.4 Å². The van der Waals surface area contributed by atoms with Gasteiger partial charge in [0.15, 0.2) is 0 Å². The topological polar surface area (TPSA) is 322 Å². The molecule has 3 aliphatic rings. The number of rotatable bonds is 3. The van der Waals surface area contributed by atoms with E-state index in [1.807, 2.05) is 0 Å². The molecule has 0 aromatic carbocycles. The first-order valence-electron chi connectivity index (χ1n) is 13.5. The Hall–Kier alpha value is -3.28. The molecule has 46 heavy (non-hydrogen) atoms. The molecule has 7 heterocycles. The van der Waals surface area contributed by atoms with Gasteiger partial charge >= 0.3 is 256 Å². The molecule has 3 aliphatic heterocycles. The van der Waals surface area contributed by atoms with Gasteiger partial charge in [-0.25, -0.2) is 0 Å². The number of aliphatic hydroxyl groups is 2. The minimum atomic E-state index is -5.02. The van der Waals surface area contributed by atoms with Crippen LogP contribution in [0.4, 0.5) is 11.8 Å². The number of nitrogen functional groups attached to an aromatic ring is 2. The third-order valence-corrected chi connectivity index (χ3v) is 10.2. The van der Waals surface area contributed by atoms with Crippen LogP contribution in [0.1, 0.15) is 12.5 Å². The van der Waals surface area contributed by atoms with Gasteiger partial charge in [-0.1, -0.05) is 0 Å². The quantitative estimate of drug-likeness (QED) is 0.110. The second-order valence-electron chi connectivity index (χ2n) is 10.4. The number of H-pyrrole nitrogens is 1. The summed E-state index contributed by atoms with van der Waals surface area (Å²) in [5.41, 5.74) is 11.1. The van der Waals surface area contributed by atoms with Crippen molar-refractivity contribution in [3.63, 3.8) is 0 Å². The van der Waals surface area contributed by atoms with Gasteiger partial charge in [0.05, 0.1) is 0 Å². The summed E-state index contributed by atoms with van der Waals surface area (Å²) in [5.74, 6) is -0.181. The molecule has 0 radical (unpaired) electrons.